The topological polar surface area (TPSA) is 64.7 Å². The molecule has 0 bridgehead atoms. The van der Waals surface area contributed by atoms with Crippen LogP contribution < -0.4 is 4.90 Å². The first-order valence-electron chi connectivity index (χ1n) is 16.8. The summed E-state index contributed by atoms with van der Waals surface area (Å²) in [6, 6.07) is 17.0. The van der Waals surface area contributed by atoms with Crippen molar-refractivity contribution in [2.75, 3.05) is 4.90 Å². The quantitative estimate of drug-likeness (QED) is 0.165. The molecule has 51 heavy (non-hydrogen) atoms. The summed E-state index contributed by atoms with van der Waals surface area (Å²) in [5.41, 5.74) is 3.63. The third-order valence-corrected chi connectivity index (χ3v) is 8.60. The number of aryl methyl sites for hydroxylation is 1. The smallest absolute Gasteiger partial charge is 0.343 e. The predicted octanol–water partition coefficient (Wildman–Crippen LogP) is 10.4. The van der Waals surface area contributed by atoms with Gasteiger partial charge in [-0.25, -0.2) is 0 Å². The van der Waals surface area contributed by atoms with Crippen LogP contribution in [-0.2, 0) is 48.9 Å². The maximum Gasteiger partial charge on any atom is 2.00 e. The Kier molecular flexibility index (Phi) is 10.7. The normalized spacial score (nSPS) is 12.9. The largest absolute Gasteiger partial charge is 2.00 e. The van der Waals surface area contributed by atoms with Crippen molar-refractivity contribution in [2.24, 2.45) is 0 Å². The first kappa shape index (κ1) is 40.0. The second-order valence-corrected chi connectivity index (χ2v) is 17.1. The van der Waals surface area contributed by atoms with Gasteiger partial charge in [-0.3, -0.25) is 25.1 Å². The van der Waals surface area contributed by atoms with Crippen LogP contribution in [0.25, 0.3) is 11.6 Å². The van der Waals surface area contributed by atoms with Crippen LogP contribution in [0, 0.1) is 19.3 Å². The second-order valence-electron chi connectivity index (χ2n) is 17.1. The third-order valence-electron chi connectivity index (χ3n) is 8.60. The van der Waals surface area contributed by atoms with E-state index in [0.29, 0.717) is 17.5 Å². The van der Waals surface area contributed by atoms with Gasteiger partial charge in [0.25, 0.3) is 0 Å². The SMILES string of the molecule is Cc1c[c-]n(-c2cc(C(C)(C)C)cc(N(c3cc(C(C)(C)C)cc(C(C)(C)C)c3)c3cc(C(C)(C)C)cc(-n4[c-]cc(C(F)(F)F)n4)n3)n2)n1.[Pt+2]. The number of rotatable bonds is 5. The molecule has 4 aromatic heterocycles. The van der Waals surface area contributed by atoms with Crippen LogP contribution in [0.5, 0.6) is 0 Å². The Hall–Kier alpha value is -3.78. The zero-order valence-corrected chi connectivity index (χ0v) is 34.0. The molecule has 0 amide bonds. The van der Waals surface area contributed by atoms with E-state index >= 15 is 0 Å². The van der Waals surface area contributed by atoms with Crippen molar-refractivity contribution in [2.45, 2.75) is 118 Å². The fourth-order valence-electron chi connectivity index (χ4n) is 5.33. The Labute approximate surface area is 315 Å². The minimum Gasteiger partial charge on any atom is -0.343 e. The summed E-state index contributed by atoms with van der Waals surface area (Å²) < 4.78 is 43.7. The van der Waals surface area contributed by atoms with E-state index in [1.165, 1.54) is 0 Å². The number of pyridine rings is 2. The van der Waals surface area contributed by atoms with Crippen molar-refractivity contribution < 1.29 is 34.2 Å². The Morgan fingerprint density at radius 3 is 1.29 bits per heavy atom. The molecular formula is C40H48F3N7Pt. The molecule has 5 rings (SSSR count). The number of hydrogen-bond acceptors (Lipinski definition) is 5. The molecule has 0 fully saturated rings. The van der Waals surface area contributed by atoms with Crippen LogP contribution >= 0.6 is 0 Å². The van der Waals surface area contributed by atoms with Gasteiger partial charge in [0.15, 0.2) is 0 Å². The maximum atomic E-state index is 13.7. The first-order chi connectivity index (χ1) is 22.8. The number of halogens is 3. The molecule has 0 saturated heterocycles. The molecule has 4 heterocycles. The van der Waals surface area contributed by atoms with Crippen molar-refractivity contribution >= 4 is 17.3 Å². The number of alkyl halides is 3. The minimum absolute atomic E-state index is 0. The van der Waals surface area contributed by atoms with Crippen molar-refractivity contribution in [1.29, 1.82) is 0 Å². The molecule has 0 aliphatic carbocycles. The Morgan fingerprint density at radius 2 is 0.941 bits per heavy atom. The van der Waals surface area contributed by atoms with Crippen molar-refractivity contribution in [3.63, 3.8) is 0 Å². The molecule has 5 aromatic rings. The Bertz CT molecular complexity index is 1980. The third kappa shape index (κ3) is 9.00. The molecule has 0 atom stereocenters. The summed E-state index contributed by atoms with van der Waals surface area (Å²) in [6.45, 7) is 27.5. The number of anilines is 3. The number of aromatic nitrogens is 6. The maximum absolute atomic E-state index is 13.7. The molecule has 0 aliphatic heterocycles. The van der Waals surface area contributed by atoms with Gasteiger partial charge in [-0.2, -0.15) is 13.2 Å². The Balaban J connectivity index is 0.00000583. The fourth-order valence-corrected chi connectivity index (χ4v) is 5.33. The summed E-state index contributed by atoms with van der Waals surface area (Å²) in [6.07, 6.45) is 1.21. The van der Waals surface area contributed by atoms with Gasteiger partial charge in [0.2, 0.25) is 0 Å². The molecule has 0 spiro atoms. The molecule has 0 radical (unpaired) electrons. The van der Waals surface area contributed by atoms with Crippen molar-refractivity contribution in [3.05, 3.63) is 101 Å². The zero-order chi connectivity index (χ0) is 37.2. The average molecular weight is 879 g/mol. The van der Waals surface area contributed by atoms with E-state index in [9.17, 15) is 13.2 Å². The summed E-state index contributed by atoms with van der Waals surface area (Å²) >= 11 is 0. The summed E-state index contributed by atoms with van der Waals surface area (Å²) in [4.78, 5) is 12.2. The summed E-state index contributed by atoms with van der Waals surface area (Å²) in [5, 5.41) is 8.46. The van der Waals surface area contributed by atoms with Gasteiger partial charge in [-0.1, -0.05) is 121 Å². The first-order valence-corrected chi connectivity index (χ1v) is 16.8. The number of hydrogen-bond donors (Lipinski definition) is 0. The molecule has 1 aromatic carbocycles. The molecule has 0 unspecified atom stereocenters. The van der Waals surface area contributed by atoms with Gasteiger partial charge in [-0.15, -0.1) is 12.1 Å². The molecule has 7 nitrogen and oxygen atoms in total. The van der Waals surface area contributed by atoms with E-state index < -0.39 is 17.3 Å². The summed E-state index contributed by atoms with van der Waals surface area (Å²) in [5.74, 6) is 1.83. The molecule has 274 valence electrons. The van der Waals surface area contributed by atoms with Gasteiger partial charge in [0.05, 0.1) is 17.3 Å². The van der Waals surface area contributed by atoms with Gasteiger partial charge >= 0.3 is 27.2 Å². The Morgan fingerprint density at radius 1 is 0.549 bits per heavy atom. The van der Waals surface area contributed by atoms with E-state index in [4.69, 9.17) is 9.97 Å². The van der Waals surface area contributed by atoms with Crippen molar-refractivity contribution in [3.8, 4) is 11.6 Å². The minimum atomic E-state index is -4.62. The van der Waals surface area contributed by atoms with E-state index in [0.717, 1.165) is 44.4 Å². The number of nitrogens with zero attached hydrogens (tertiary/aromatic N) is 7. The van der Waals surface area contributed by atoms with E-state index in [-0.39, 0.29) is 43.1 Å². The summed E-state index contributed by atoms with van der Waals surface area (Å²) in [7, 11) is 0. The van der Waals surface area contributed by atoms with Crippen LogP contribution in [0.3, 0.4) is 0 Å². The zero-order valence-electron chi connectivity index (χ0n) is 31.8. The van der Waals surface area contributed by atoms with Crippen LogP contribution in [0.1, 0.15) is 117 Å². The van der Waals surface area contributed by atoms with Gasteiger partial charge in [-0.05, 0) is 73.9 Å². The second kappa shape index (κ2) is 13.6. The van der Waals surface area contributed by atoms with Crippen LogP contribution in [0.2, 0.25) is 0 Å². The molecular weight excluding hydrogens is 831 g/mol. The van der Waals surface area contributed by atoms with Gasteiger partial charge in [0.1, 0.15) is 11.6 Å². The van der Waals surface area contributed by atoms with Crippen LogP contribution in [0.15, 0.2) is 54.6 Å². The van der Waals surface area contributed by atoms with E-state index in [1.54, 1.807) is 10.7 Å². The van der Waals surface area contributed by atoms with Crippen molar-refractivity contribution in [1.82, 2.24) is 29.5 Å². The predicted molar refractivity (Wildman–Crippen MR) is 193 cm³/mol. The molecule has 11 heteroatoms. The monoisotopic (exact) mass is 878 g/mol. The standard InChI is InChI=1S/C40H48F3N7.Pt/c1-25-14-16-48(46-25)32-21-28(38(8,9)10)23-34(44-32)50(30-19-26(36(2,3)4)18-27(20-30)37(5,6)7)35-24-29(39(11,12)13)22-33(45-35)49-17-15-31(47-49)40(41,42)43;/h14-15,18-24H,1-13H3;/q-2;+2. The van der Waals surface area contributed by atoms with E-state index in [2.05, 4.69) is 124 Å². The molecule has 0 aliphatic rings. The van der Waals surface area contributed by atoms with Crippen LogP contribution in [-0.4, -0.2) is 29.5 Å². The number of benzene rings is 1. The molecule has 0 saturated carbocycles. The fraction of sp³-hybridized carbons (Fsp3) is 0.450. The van der Waals surface area contributed by atoms with E-state index in [1.807, 2.05) is 36.1 Å². The molecule has 0 N–H and O–H groups in total. The van der Waals surface area contributed by atoms with Crippen LogP contribution in [0.4, 0.5) is 30.5 Å². The van der Waals surface area contributed by atoms with Gasteiger partial charge < -0.3 is 9.36 Å². The van der Waals surface area contributed by atoms with Gasteiger partial charge in [0, 0.05) is 5.69 Å². The average Bonchev–Trinajstić information content (AvgIpc) is 3.65.